The molecule has 14 heavy (non-hydrogen) atoms. The van der Waals surface area contributed by atoms with Crippen LogP contribution in [0.4, 0.5) is 5.69 Å². The number of nitrogens with two attached hydrogens (primary N) is 1. The lowest BCUT2D eigenvalue weighted by atomic mass is 10.4. The number of nitrogens with one attached hydrogen (secondary N) is 1. The van der Waals surface area contributed by atoms with Crippen LogP contribution in [-0.2, 0) is 13.1 Å². The van der Waals surface area contributed by atoms with E-state index in [2.05, 4.69) is 5.32 Å². The summed E-state index contributed by atoms with van der Waals surface area (Å²) in [5.41, 5.74) is 6.61. The Kier molecular flexibility index (Phi) is 2.86. The van der Waals surface area contributed by atoms with Crippen molar-refractivity contribution in [1.29, 1.82) is 0 Å². The molecule has 74 valence electrons. The normalized spacial score (nSPS) is 10.6. The number of hydrogen-bond donors (Lipinski definition) is 2. The largest absolute Gasteiger partial charge is 0.468 e. The zero-order chi connectivity index (χ0) is 9.80. The van der Waals surface area contributed by atoms with Crippen molar-refractivity contribution in [3.05, 3.63) is 40.5 Å². The molecule has 0 fully saturated rings. The van der Waals surface area contributed by atoms with E-state index >= 15 is 0 Å². The van der Waals surface area contributed by atoms with Crippen LogP contribution in [0.25, 0.3) is 0 Å². The molecule has 0 aromatic carbocycles. The van der Waals surface area contributed by atoms with Gasteiger partial charge in [0.2, 0.25) is 0 Å². The Labute approximate surface area is 86.5 Å². The number of nitrogen functional groups attached to an aromatic ring is 1. The van der Waals surface area contributed by atoms with Crippen molar-refractivity contribution in [2.75, 3.05) is 5.73 Å². The molecule has 0 atom stereocenters. The number of anilines is 1. The summed E-state index contributed by atoms with van der Waals surface area (Å²) < 4.78 is 5.19. The molecule has 0 spiro atoms. The third-order valence-electron chi connectivity index (χ3n) is 1.94. The lowest BCUT2D eigenvalue weighted by Gasteiger charge is -2.01. The molecule has 0 aliphatic carbocycles. The van der Waals surface area contributed by atoms with Crippen molar-refractivity contribution in [2.45, 2.75) is 13.1 Å². The van der Waals surface area contributed by atoms with Gasteiger partial charge in [0.15, 0.2) is 0 Å². The molecule has 3 nitrogen and oxygen atoms in total. The second kappa shape index (κ2) is 4.30. The van der Waals surface area contributed by atoms with Gasteiger partial charge in [-0.1, -0.05) is 0 Å². The highest BCUT2D eigenvalue weighted by Gasteiger charge is 2.00. The molecule has 4 heteroatoms. The minimum atomic E-state index is 0.740. The summed E-state index contributed by atoms with van der Waals surface area (Å²) in [4.78, 5) is 1.18. The van der Waals surface area contributed by atoms with Crippen LogP contribution in [0.3, 0.4) is 0 Å². The zero-order valence-corrected chi connectivity index (χ0v) is 8.51. The van der Waals surface area contributed by atoms with Gasteiger partial charge in [0.25, 0.3) is 0 Å². The summed E-state index contributed by atoms with van der Waals surface area (Å²) in [5.74, 6) is 0.945. The van der Waals surface area contributed by atoms with Crippen LogP contribution >= 0.6 is 11.3 Å². The van der Waals surface area contributed by atoms with Gasteiger partial charge in [-0.15, -0.1) is 11.3 Å². The fraction of sp³-hybridized carbons (Fsp3) is 0.200. The molecule has 2 rings (SSSR count). The molecule has 2 heterocycles. The van der Waals surface area contributed by atoms with E-state index in [0.717, 1.165) is 24.5 Å². The standard InChI is InChI=1S/C10H12N2OS/c11-9-3-5-14-10(9)7-12-6-8-2-1-4-13-8/h1-5,12H,6-7,11H2. The van der Waals surface area contributed by atoms with Gasteiger partial charge < -0.3 is 15.5 Å². The summed E-state index contributed by atoms with van der Waals surface area (Å²) in [6.07, 6.45) is 1.68. The molecule has 0 aliphatic rings. The maximum Gasteiger partial charge on any atom is 0.117 e. The first-order chi connectivity index (χ1) is 6.86. The number of thiophene rings is 1. The molecule has 2 aromatic heterocycles. The van der Waals surface area contributed by atoms with Gasteiger partial charge in [0, 0.05) is 17.1 Å². The Hall–Kier alpha value is -1.26. The molecule has 0 saturated carbocycles. The Morgan fingerprint density at radius 1 is 1.36 bits per heavy atom. The van der Waals surface area contributed by atoms with Gasteiger partial charge in [0.1, 0.15) is 5.76 Å². The highest BCUT2D eigenvalue weighted by molar-refractivity contribution is 7.10. The maximum absolute atomic E-state index is 5.75. The third-order valence-corrected chi connectivity index (χ3v) is 2.88. The predicted octanol–water partition coefficient (Wildman–Crippen LogP) is 2.21. The van der Waals surface area contributed by atoms with E-state index in [1.807, 2.05) is 23.6 Å². The van der Waals surface area contributed by atoms with Gasteiger partial charge in [-0.2, -0.15) is 0 Å². The topological polar surface area (TPSA) is 51.2 Å². The van der Waals surface area contributed by atoms with Crippen LogP contribution in [0.15, 0.2) is 34.3 Å². The van der Waals surface area contributed by atoms with Crippen molar-refractivity contribution in [2.24, 2.45) is 0 Å². The summed E-state index contributed by atoms with van der Waals surface area (Å²) in [6, 6.07) is 5.76. The lowest BCUT2D eigenvalue weighted by molar-refractivity contribution is 0.484. The van der Waals surface area contributed by atoms with Crippen LogP contribution in [0.2, 0.25) is 0 Å². The zero-order valence-electron chi connectivity index (χ0n) is 7.69. The highest BCUT2D eigenvalue weighted by atomic mass is 32.1. The second-order valence-electron chi connectivity index (χ2n) is 2.98. The highest BCUT2D eigenvalue weighted by Crippen LogP contribution is 2.18. The van der Waals surface area contributed by atoms with E-state index in [9.17, 15) is 0 Å². The minimum Gasteiger partial charge on any atom is -0.468 e. The van der Waals surface area contributed by atoms with E-state index in [-0.39, 0.29) is 0 Å². The Balaban J connectivity index is 1.81. The molecular formula is C10H12N2OS. The Morgan fingerprint density at radius 3 is 2.93 bits per heavy atom. The van der Waals surface area contributed by atoms with E-state index < -0.39 is 0 Å². The molecule has 2 aromatic rings. The van der Waals surface area contributed by atoms with Crippen molar-refractivity contribution in [3.8, 4) is 0 Å². The fourth-order valence-corrected chi connectivity index (χ4v) is 1.98. The summed E-state index contributed by atoms with van der Waals surface area (Å²) in [7, 11) is 0. The van der Waals surface area contributed by atoms with E-state index in [4.69, 9.17) is 10.2 Å². The van der Waals surface area contributed by atoms with Crippen LogP contribution in [0.1, 0.15) is 10.6 Å². The summed E-state index contributed by atoms with van der Waals surface area (Å²) in [6.45, 7) is 1.54. The van der Waals surface area contributed by atoms with Crippen LogP contribution in [-0.4, -0.2) is 0 Å². The van der Waals surface area contributed by atoms with E-state index in [0.29, 0.717) is 0 Å². The SMILES string of the molecule is Nc1ccsc1CNCc1ccco1. The summed E-state index contributed by atoms with van der Waals surface area (Å²) >= 11 is 1.67. The van der Waals surface area contributed by atoms with E-state index in [1.165, 1.54) is 4.88 Å². The first-order valence-electron chi connectivity index (χ1n) is 4.41. The van der Waals surface area contributed by atoms with Crippen LogP contribution < -0.4 is 11.1 Å². The molecule has 0 unspecified atom stereocenters. The van der Waals surface area contributed by atoms with Crippen molar-refractivity contribution in [1.82, 2.24) is 5.32 Å². The molecule has 0 aliphatic heterocycles. The van der Waals surface area contributed by atoms with Crippen LogP contribution in [0, 0.1) is 0 Å². The van der Waals surface area contributed by atoms with Gasteiger partial charge in [-0.3, -0.25) is 0 Å². The third kappa shape index (κ3) is 2.16. The second-order valence-corrected chi connectivity index (χ2v) is 3.98. The van der Waals surface area contributed by atoms with Gasteiger partial charge in [0.05, 0.1) is 12.8 Å². The van der Waals surface area contributed by atoms with Crippen LogP contribution in [0.5, 0.6) is 0 Å². The summed E-state index contributed by atoms with van der Waals surface area (Å²) in [5, 5.41) is 5.27. The Bertz CT molecular complexity index is 380. The molecule has 0 amide bonds. The molecule has 0 radical (unpaired) electrons. The van der Waals surface area contributed by atoms with Crippen molar-refractivity contribution >= 4 is 17.0 Å². The lowest BCUT2D eigenvalue weighted by Crippen LogP contribution is -2.11. The van der Waals surface area contributed by atoms with Gasteiger partial charge >= 0.3 is 0 Å². The quantitative estimate of drug-likeness (QED) is 0.810. The average Bonchev–Trinajstić information content (AvgIpc) is 2.78. The monoisotopic (exact) mass is 208 g/mol. The van der Waals surface area contributed by atoms with E-state index in [1.54, 1.807) is 17.6 Å². The number of furan rings is 1. The predicted molar refractivity (Wildman–Crippen MR) is 58.0 cm³/mol. The average molecular weight is 208 g/mol. The first-order valence-corrected chi connectivity index (χ1v) is 5.29. The van der Waals surface area contributed by atoms with Crippen molar-refractivity contribution in [3.63, 3.8) is 0 Å². The fourth-order valence-electron chi connectivity index (χ4n) is 1.21. The smallest absolute Gasteiger partial charge is 0.117 e. The first kappa shape index (κ1) is 9.30. The van der Waals surface area contributed by atoms with Gasteiger partial charge in [-0.05, 0) is 23.6 Å². The maximum atomic E-state index is 5.75. The molecule has 3 N–H and O–H groups in total. The minimum absolute atomic E-state index is 0.740. The molecule has 0 saturated heterocycles. The molecular weight excluding hydrogens is 196 g/mol. The van der Waals surface area contributed by atoms with Gasteiger partial charge in [-0.25, -0.2) is 0 Å². The number of rotatable bonds is 4. The molecule has 0 bridgehead atoms. The van der Waals surface area contributed by atoms with Crippen molar-refractivity contribution < 1.29 is 4.42 Å². The number of hydrogen-bond acceptors (Lipinski definition) is 4. The Morgan fingerprint density at radius 2 is 2.29 bits per heavy atom.